The Morgan fingerprint density at radius 2 is 1.94 bits per heavy atom. The second kappa shape index (κ2) is 10.4. The van der Waals surface area contributed by atoms with Gasteiger partial charge in [-0.3, -0.25) is 10.1 Å². The van der Waals surface area contributed by atoms with Crippen molar-refractivity contribution in [3.8, 4) is 22.9 Å². The van der Waals surface area contributed by atoms with Gasteiger partial charge in [0.2, 0.25) is 0 Å². The number of hydrogen-bond donors (Lipinski definition) is 1. The molecule has 0 fully saturated rings. The first-order valence-corrected chi connectivity index (χ1v) is 10.7. The topological polar surface area (TPSA) is 130 Å². The summed E-state index contributed by atoms with van der Waals surface area (Å²) in [7, 11) is 2.70. The van der Waals surface area contributed by atoms with Gasteiger partial charge < -0.3 is 19.1 Å². The fourth-order valence-corrected chi connectivity index (χ4v) is 4.03. The number of rotatable bonds is 9. The molecular formula is C21H19ClN4O6S. The Kier molecular flexibility index (Phi) is 7.56. The van der Waals surface area contributed by atoms with Crippen molar-refractivity contribution in [2.45, 2.75) is 18.6 Å². The molecule has 10 nitrogen and oxygen atoms in total. The fraction of sp³-hybridized carbons (Fsp3) is 0.190. The maximum atomic E-state index is 12.0. The number of nitrogens with zero attached hydrogens (tertiary/aromatic N) is 4. The van der Waals surface area contributed by atoms with Crippen molar-refractivity contribution in [2.75, 3.05) is 14.2 Å². The molecule has 2 aromatic carbocycles. The molecule has 3 aromatic rings. The van der Waals surface area contributed by atoms with E-state index in [1.165, 1.54) is 32.4 Å². The average molecular weight is 491 g/mol. The first-order valence-electron chi connectivity index (χ1n) is 9.51. The highest BCUT2D eigenvalue weighted by Gasteiger charge is 2.22. The van der Waals surface area contributed by atoms with Crippen LogP contribution in [0.15, 0.2) is 46.5 Å². The first kappa shape index (κ1) is 24.1. The van der Waals surface area contributed by atoms with Gasteiger partial charge in [-0.2, -0.15) is 0 Å². The Morgan fingerprint density at radius 1 is 1.24 bits per heavy atom. The number of aromatic nitrogens is 3. The maximum absolute atomic E-state index is 12.0. The van der Waals surface area contributed by atoms with Gasteiger partial charge in [0.25, 0.3) is 5.69 Å². The van der Waals surface area contributed by atoms with Gasteiger partial charge in [0, 0.05) is 28.8 Å². The van der Waals surface area contributed by atoms with Gasteiger partial charge >= 0.3 is 5.97 Å². The number of aliphatic carboxylic acids is 1. The number of nitro benzene ring substituents is 1. The van der Waals surface area contributed by atoms with Crippen molar-refractivity contribution < 1.29 is 24.3 Å². The summed E-state index contributed by atoms with van der Waals surface area (Å²) in [6.45, 7) is 2.36. The molecule has 0 aliphatic carbocycles. The Labute approximate surface area is 197 Å². The van der Waals surface area contributed by atoms with E-state index in [1.807, 2.05) is 6.92 Å². The van der Waals surface area contributed by atoms with E-state index in [2.05, 4.69) is 10.2 Å². The molecule has 1 aromatic heterocycles. The third-order valence-corrected chi connectivity index (χ3v) is 5.79. The van der Waals surface area contributed by atoms with Gasteiger partial charge in [-0.15, -0.1) is 10.2 Å². The molecule has 33 heavy (non-hydrogen) atoms. The van der Waals surface area contributed by atoms with E-state index in [0.29, 0.717) is 22.5 Å². The van der Waals surface area contributed by atoms with Crippen LogP contribution >= 0.6 is 23.4 Å². The van der Waals surface area contributed by atoms with Crippen LogP contribution in [-0.2, 0) is 11.3 Å². The summed E-state index contributed by atoms with van der Waals surface area (Å²) in [6.07, 6.45) is 1.28. The summed E-state index contributed by atoms with van der Waals surface area (Å²) in [5.74, 6) is -0.419. The van der Waals surface area contributed by atoms with Crippen LogP contribution in [0.2, 0.25) is 5.02 Å². The van der Waals surface area contributed by atoms with Crippen LogP contribution in [0.3, 0.4) is 0 Å². The molecule has 0 aliphatic heterocycles. The van der Waals surface area contributed by atoms with Crippen molar-refractivity contribution >= 4 is 41.1 Å². The minimum atomic E-state index is -1.24. The fourth-order valence-electron chi connectivity index (χ4n) is 3.03. The van der Waals surface area contributed by atoms with Crippen molar-refractivity contribution in [2.24, 2.45) is 0 Å². The number of carboxylic acids is 1. The van der Waals surface area contributed by atoms with Crippen molar-refractivity contribution in [3.05, 3.63) is 62.0 Å². The highest BCUT2D eigenvalue weighted by molar-refractivity contribution is 8.04. The molecule has 3 rings (SSSR count). The highest BCUT2D eigenvalue weighted by atomic mass is 35.5. The second-order valence-corrected chi connectivity index (χ2v) is 7.95. The second-order valence-electron chi connectivity index (χ2n) is 6.50. The molecule has 1 heterocycles. The molecule has 0 aliphatic rings. The van der Waals surface area contributed by atoms with E-state index in [4.69, 9.17) is 21.1 Å². The van der Waals surface area contributed by atoms with Crippen LogP contribution in [0.4, 0.5) is 5.69 Å². The van der Waals surface area contributed by atoms with Gasteiger partial charge in [0.05, 0.1) is 25.2 Å². The van der Waals surface area contributed by atoms with E-state index < -0.39 is 10.9 Å². The van der Waals surface area contributed by atoms with Crippen molar-refractivity contribution in [3.63, 3.8) is 0 Å². The van der Waals surface area contributed by atoms with Crippen LogP contribution in [0.5, 0.6) is 11.5 Å². The summed E-state index contributed by atoms with van der Waals surface area (Å²) in [6, 6.07) is 9.46. The van der Waals surface area contributed by atoms with Crippen molar-refractivity contribution in [1.82, 2.24) is 14.8 Å². The number of halogens is 1. The number of ether oxygens (including phenoxy) is 2. The number of hydrogen-bond acceptors (Lipinski definition) is 8. The zero-order chi connectivity index (χ0) is 24.1. The van der Waals surface area contributed by atoms with E-state index >= 15 is 0 Å². The highest BCUT2D eigenvalue weighted by Crippen LogP contribution is 2.39. The minimum absolute atomic E-state index is 0.106. The van der Waals surface area contributed by atoms with Crippen LogP contribution in [-0.4, -0.2) is 45.0 Å². The molecule has 0 unspecified atom stereocenters. The smallest absolute Gasteiger partial charge is 0.342 e. The maximum Gasteiger partial charge on any atom is 0.342 e. The van der Waals surface area contributed by atoms with Gasteiger partial charge in [-0.1, -0.05) is 11.6 Å². The quantitative estimate of drug-likeness (QED) is 0.195. The summed E-state index contributed by atoms with van der Waals surface area (Å²) in [4.78, 5) is 22.6. The van der Waals surface area contributed by atoms with Crippen LogP contribution in [0.1, 0.15) is 12.5 Å². The lowest BCUT2D eigenvalue weighted by Gasteiger charge is -2.11. The lowest BCUT2D eigenvalue weighted by molar-refractivity contribution is -0.385. The summed E-state index contributed by atoms with van der Waals surface area (Å²) >= 11 is 6.82. The Balaban J connectivity index is 2.07. The van der Waals surface area contributed by atoms with E-state index in [9.17, 15) is 20.0 Å². The predicted molar refractivity (Wildman–Crippen MR) is 124 cm³/mol. The molecule has 0 amide bonds. The molecule has 0 saturated carbocycles. The molecule has 0 saturated heterocycles. The molecule has 12 heteroatoms. The molecule has 0 atom stereocenters. The van der Waals surface area contributed by atoms with Gasteiger partial charge in [0.1, 0.15) is 4.91 Å². The number of benzene rings is 2. The lowest BCUT2D eigenvalue weighted by Crippen LogP contribution is -2.03. The number of non-ortho nitro benzene ring substituents is 1. The third kappa shape index (κ3) is 5.26. The zero-order valence-corrected chi connectivity index (χ0v) is 19.4. The Bertz CT molecular complexity index is 1230. The summed E-state index contributed by atoms with van der Waals surface area (Å²) in [5, 5.41) is 30.4. The standard InChI is InChI=1S/C21H19ClN4O6S/c1-4-25-19(12-5-7-14(22)8-6-12)23-24-21(25)33-17(20(27)28)10-13-9-15(26(29)30)11-16(31-2)18(13)32-3/h5-11H,4H2,1-3H3,(H,27,28)/b17-10+. The molecule has 1 N–H and O–H groups in total. The molecule has 0 bridgehead atoms. The zero-order valence-electron chi connectivity index (χ0n) is 17.8. The van der Waals surface area contributed by atoms with Crippen molar-refractivity contribution in [1.29, 1.82) is 0 Å². The number of methoxy groups -OCH3 is 2. The van der Waals surface area contributed by atoms with Crippen LogP contribution in [0.25, 0.3) is 17.5 Å². The third-order valence-electron chi connectivity index (χ3n) is 4.54. The predicted octanol–water partition coefficient (Wildman–Crippen LogP) is 4.76. The van der Waals surface area contributed by atoms with Gasteiger partial charge in [-0.05, 0) is 49.0 Å². The Morgan fingerprint density at radius 3 is 2.48 bits per heavy atom. The van der Waals surface area contributed by atoms with Crippen LogP contribution in [0, 0.1) is 10.1 Å². The number of carbonyl (C=O) groups is 1. The number of carboxylic acid groups (broad SMARTS) is 1. The van der Waals surface area contributed by atoms with E-state index in [0.717, 1.165) is 17.3 Å². The monoisotopic (exact) mass is 490 g/mol. The van der Waals surface area contributed by atoms with E-state index in [1.54, 1.807) is 28.8 Å². The Hall–Kier alpha value is -3.57. The number of nitro groups is 1. The molecular weight excluding hydrogens is 472 g/mol. The van der Waals surface area contributed by atoms with Gasteiger partial charge in [0.15, 0.2) is 22.5 Å². The lowest BCUT2D eigenvalue weighted by atomic mass is 10.1. The minimum Gasteiger partial charge on any atom is -0.493 e. The summed E-state index contributed by atoms with van der Waals surface area (Å²) in [5.41, 5.74) is 0.677. The first-order chi connectivity index (χ1) is 15.8. The molecule has 172 valence electrons. The van der Waals surface area contributed by atoms with E-state index in [-0.39, 0.29) is 27.7 Å². The normalized spacial score (nSPS) is 11.3. The molecule has 0 radical (unpaired) electrons. The van der Waals surface area contributed by atoms with Gasteiger partial charge in [-0.25, -0.2) is 4.79 Å². The van der Waals surface area contributed by atoms with Crippen LogP contribution < -0.4 is 9.47 Å². The largest absolute Gasteiger partial charge is 0.493 e. The summed E-state index contributed by atoms with van der Waals surface area (Å²) < 4.78 is 12.2. The average Bonchev–Trinajstić information content (AvgIpc) is 3.20. The SMILES string of the molecule is CCn1c(S/C(=C/c2cc([N+](=O)[O-])cc(OC)c2OC)C(=O)O)nnc1-c1ccc(Cl)cc1. The number of thioether (sulfide) groups is 1. The molecule has 0 spiro atoms.